The monoisotopic (exact) mass is 711 g/mol. The minimum Gasteiger partial charge on any atom is -0.494 e. The Morgan fingerprint density at radius 2 is 1.77 bits per heavy atom. The van der Waals surface area contributed by atoms with Crippen molar-refractivity contribution < 1.29 is 33.4 Å². The van der Waals surface area contributed by atoms with E-state index in [4.69, 9.17) is 9.47 Å². The van der Waals surface area contributed by atoms with Crippen LogP contribution in [0.4, 0.5) is 5.69 Å². The number of aryl methyl sites for hydroxylation is 2. The van der Waals surface area contributed by atoms with Gasteiger partial charge in [0.15, 0.2) is 6.10 Å². The van der Waals surface area contributed by atoms with Crippen LogP contribution in [0.5, 0.6) is 5.75 Å². The summed E-state index contributed by atoms with van der Waals surface area (Å²) in [4.78, 5) is 68.8. The van der Waals surface area contributed by atoms with Gasteiger partial charge < -0.3 is 35.6 Å². The maximum absolute atomic E-state index is 14.1. The van der Waals surface area contributed by atoms with Crippen molar-refractivity contribution in [1.29, 1.82) is 0 Å². The Hall–Kier alpha value is -5.23. The number of carbonyl (C=O) groups is 5. The number of methoxy groups -OCH3 is 1. The number of nitrogens with zero attached hydrogens (tertiary/aromatic N) is 1. The molecule has 1 saturated heterocycles. The van der Waals surface area contributed by atoms with Crippen molar-refractivity contribution >= 4 is 35.2 Å². The van der Waals surface area contributed by atoms with E-state index in [0.29, 0.717) is 43.1 Å². The van der Waals surface area contributed by atoms with Crippen LogP contribution in [0.1, 0.15) is 67.4 Å². The van der Waals surface area contributed by atoms with E-state index < -0.39 is 30.0 Å². The smallest absolute Gasteiger partial charge is 0.254 e. The number of benzene rings is 3. The van der Waals surface area contributed by atoms with Gasteiger partial charge in [-0.25, -0.2) is 0 Å². The number of anilines is 1. The fraction of sp³-hybridized carbons (Fsp3) is 0.425. The lowest BCUT2D eigenvalue weighted by molar-refractivity contribution is -0.140. The van der Waals surface area contributed by atoms with Crippen LogP contribution in [-0.2, 0) is 41.7 Å². The van der Waals surface area contributed by atoms with Gasteiger partial charge in [-0.1, -0.05) is 48.5 Å². The molecule has 2 aliphatic heterocycles. The summed E-state index contributed by atoms with van der Waals surface area (Å²) < 4.78 is 11.7. The number of hydrogen-bond donors (Lipinski definition) is 4. The molecule has 0 aliphatic carbocycles. The van der Waals surface area contributed by atoms with E-state index in [0.717, 1.165) is 36.0 Å². The molecule has 3 aromatic carbocycles. The highest BCUT2D eigenvalue weighted by Gasteiger charge is 2.33. The van der Waals surface area contributed by atoms with E-state index >= 15 is 0 Å². The van der Waals surface area contributed by atoms with Crippen LogP contribution in [0, 0.1) is 12.8 Å². The lowest BCUT2D eigenvalue weighted by Gasteiger charge is -2.34. The van der Waals surface area contributed by atoms with Crippen LogP contribution < -0.4 is 26.0 Å². The standard InChI is InChI=1S/C40H49N5O7/c1-26-11-17-33-22-31(26)24-41-38(48)34(18-12-28-8-5-4-6-9-28)43-39(49)35(23-36(47)45-20-7-10-29(25-45)19-21-52-33)44-40(50)37(51-3)30-13-15-32(16-14-30)42-27(2)46/h4-6,8-9,11,13-17,22,29,34-35,37H,7,10,12,18-21,23-25H2,1-3H3,(H,41,48)(H,42,46)(H,43,49)(H,44,50)/t29?,34-,35-,37?/m0/s1. The van der Waals surface area contributed by atoms with Crippen LogP contribution in [0.2, 0.25) is 0 Å². The number of nitrogens with one attached hydrogen (secondary N) is 4. The van der Waals surface area contributed by atoms with Crippen LogP contribution in [-0.4, -0.2) is 73.3 Å². The Kier molecular flexibility index (Phi) is 13.4. The molecule has 2 aliphatic rings. The van der Waals surface area contributed by atoms with Gasteiger partial charge in [0.25, 0.3) is 5.91 Å². The second kappa shape index (κ2) is 18.3. The molecule has 2 heterocycles. The molecule has 4 N–H and O–H groups in total. The van der Waals surface area contributed by atoms with Gasteiger partial charge in [0.2, 0.25) is 23.6 Å². The van der Waals surface area contributed by atoms with E-state index in [1.54, 1.807) is 29.2 Å². The van der Waals surface area contributed by atoms with Gasteiger partial charge in [-0.05, 0) is 91.5 Å². The molecule has 5 rings (SSSR count). The molecule has 0 saturated carbocycles. The zero-order valence-corrected chi connectivity index (χ0v) is 30.1. The normalized spacial score (nSPS) is 20.6. The Balaban J connectivity index is 1.42. The molecular formula is C40H49N5O7. The lowest BCUT2D eigenvalue weighted by Crippen LogP contribution is -2.56. The maximum Gasteiger partial charge on any atom is 0.254 e. The molecule has 0 radical (unpaired) electrons. The topological polar surface area (TPSA) is 155 Å². The molecular weight excluding hydrogens is 662 g/mol. The summed E-state index contributed by atoms with van der Waals surface area (Å²) in [6.45, 7) is 5.14. The minimum atomic E-state index is -1.29. The highest BCUT2D eigenvalue weighted by atomic mass is 16.5. The summed E-state index contributed by atoms with van der Waals surface area (Å²) in [6, 6.07) is 19.8. The zero-order chi connectivity index (χ0) is 37.0. The van der Waals surface area contributed by atoms with E-state index in [-0.39, 0.29) is 43.0 Å². The van der Waals surface area contributed by atoms with Gasteiger partial charge in [0.1, 0.15) is 17.8 Å². The summed E-state index contributed by atoms with van der Waals surface area (Å²) in [7, 11) is 1.37. The number of piperidine rings is 1. The van der Waals surface area contributed by atoms with E-state index in [9.17, 15) is 24.0 Å². The Morgan fingerprint density at radius 3 is 2.50 bits per heavy atom. The van der Waals surface area contributed by atoms with Crippen LogP contribution in [0.25, 0.3) is 0 Å². The van der Waals surface area contributed by atoms with Crippen molar-refractivity contribution in [3.8, 4) is 5.75 Å². The summed E-state index contributed by atoms with van der Waals surface area (Å²) in [5.74, 6) is -1.22. The first-order valence-corrected chi connectivity index (χ1v) is 17.9. The first-order chi connectivity index (χ1) is 25.1. The SMILES string of the molecule is COC(C(=O)N[C@H]1CC(=O)N2CCCC(CCOc3ccc(C)c(c3)CNC(=O)[C@H](CCc3ccccc3)NC1=O)C2)c1ccc(NC(C)=O)cc1. The molecule has 276 valence electrons. The number of amides is 5. The van der Waals surface area contributed by atoms with Gasteiger partial charge in [-0.15, -0.1) is 0 Å². The summed E-state index contributed by atoms with van der Waals surface area (Å²) >= 11 is 0. The number of fused-ring (bicyclic) bond motifs is 4. The van der Waals surface area contributed by atoms with Crippen LogP contribution in [0.15, 0.2) is 72.8 Å². The Bertz CT molecular complexity index is 1710. The summed E-state index contributed by atoms with van der Waals surface area (Å²) in [5, 5.41) is 11.3. The van der Waals surface area contributed by atoms with Crippen molar-refractivity contribution in [3.05, 3.63) is 95.1 Å². The molecule has 0 spiro atoms. The summed E-state index contributed by atoms with van der Waals surface area (Å²) in [5.41, 5.74) is 3.93. The highest BCUT2D eigenvalue weighted by molar-refractivity contribution is 5.96. The van der Waals surface area contributed by atoms with Crippen molar-refractivity contribution in [2.45, 2.75) is 77.1 Å². The first-order valence-electron chi connectivity index (χ1n) is 17.9. The fourth-order valence-corrected chi connectivity index (χ4v) is 6.70. The maximum atomic E-state index is 14.1. The van der Waals surface area contributed by atoms with Gasteiger partial charge in [0, 0.05) is 39.4 Å². The largest absolute Gasteiger partial charge is 0.494 e. The highest BCUT2D eigenvalue weighted by Crippen LogP contribution is 2.24. The molecule has 4 bridgehead atoms. The van der Waals surface area contributed by atoms with E-state index in [2.05, 4.69) is 21.3 Å². The molecule has 12 heteroatoms. The number of hydrogen-bond acceptors (Lipinski definition) is 7. The zero-order valence-electron chi connectivity index (χ0n) is 30.1. The minimum absolute atomic E-state index is 0.225. The lowest BCUT2D eigenvalue weighted by atomic mass is 9.94. The molecule has 12 nitrogen and oxygen atoms in total. The quantitative estimate of drug-likeness (QED) is 0.276. The van der Waals surface area contributed by atoms with Gasteiger partial charge in [0.05, 0.1) is 13.0 Å². The second-order valence-electron chi connectivity index (χ2n) is 13.6. The number of rotatable bonds is 8. The number of carbonyl (C=O) groups excluding carboxylic acids is 5. The first kappa shape index (κ1) is 38.0. The average molecular weight is 712 g/mol. The number of ether oxygens (including phenoxy) is 2. The van der Waals surface area contributed by atoms with E-state index in [1.807, 2.05) is 55.5 Å². The Labute approximate surface area is 305 Å². The molecule has 2 unspecified atom stereocenters. The molecule has 0 aromatic heterocycles. The van der Waals surface area contributed by atoms with Crippen molar-refractivity contribution in [2.75, 3.05) is 32.1 Å². The third-order valence-electron chi connectivity index (χ3n) is 9.66. The van der Waals surface area contributed by atoms with Crippen LogP contribution >= 0.6 is 0 Å². The van der Waals surface area contributed by atoms with Gasteiger partial charge in [-0.2, -0.15) is 0 Å². The third-order valence-corrected chi connectivity index (χ3v) is 9.66. The molecule has 1 fully saturated rings. The molecule has 5 amide bonds. The third kappa shape index (κ3) is 10.6. The average Bonchev–Trinajstić information content (AvgIpc) is 3.14. The predicted molar refractivity (Wildman–Crippen MR) is 196 cm³/mol. The molecule has 3 aromatic rings. The van der Waals surface area contributed by atoms with Gasteiger partial charge in [-0.3, -0.25) is 24.0 Å². The van der Waals surface area contributed by atoms with Crippen molar-refractivity contribution in [2.24, 2.45) is 5.92 Å². The van der Waals surface area contributed by atoms with Crippen LogP contribution in [0.3, 0.4) is 0 Å². The summed E-state index contributed by atoms with van der Waals surface area (Å²) in [6.07, 6.45) is 1.91. The molecule has 52 heavy (non-hydrogen) atoms. The fourth-order valence-electron chi connectivity index (χ4n) is 6.70. The van der Waals surface area contributed by atoms with Crippen molar-refractivity contribution in [1.82, 2.24) is 20.9 Å². The predicted octanol–water partition coefficient (Wildman–Crippen LogP) is 3.97. The van der Waals surface area contributed by atoms with Gasteiger partial charge >= 0.3 is 0 Å². The second-order valence-corrected chi connectivity index (χ2v) is 13.6. The molecule has 4 atom stereocenters. The Morgan fingerprint density at radius 1 is 1.00 bits per heavy atom. The van der Waals surface area contributed by atoms with E-state index in [1.165, 1.54) is 14.0 Å². The van der Waals surface area contributed by atoms with Crippen molar-refractivity contribution in [3.63, 3.8) is 0 Å².